The quantitative estimate of drug-likeness (QED) is 0.767. The third kappa shape index (κ3) is 2.49. The van der Waals surface area contributed by atoms with Crippen molar-refractivity contribution in [3.05, 3.63) is 79.7 Å². The number of aromatic nitrogens is 1. The van der Waals surface area contributed by atoms with Gasteiger partial charge in [-0.25, -0.2) is 0 Å². The summed E-state index contributed by atoms with van der Waals surface area (Å²) in [5, 5.41) is 0. The molecule has 1 aromatic heterocycles. The van der Waals surface area contributed by atoms with E-state index in [4.69, 9.17) is 0 Å². The Kier molecular flexibility index (Phi) is 3.35. The summed E-state index contributed by atoms with van der Waals surface area (Å²) in [4.78, 5) is 14.5. The zero-order chi connectivity index (χ0) is 13.9. The zero-order valence-electron chi connectivity index (χ0n) is 10.8. The lowest BCUT2D eigenvalue weighted by Gasteiger charge is -2.05. The fourth-order valence-corrected chi connectivity index (χ4v) is 2.87. The average molecular weight is 279 g/mol. The summed E-state index contributed by atoms with van der Waals surface area (Å²) in [5.74, 6) is 0. The number of hydrogen-bond acceptors (Lipinski definition) is 2. The molecule has 1 heterocycles. The summed E-state index contributed by atoms with van der Waals surface area (Å²) in [6.45, 7) is 3.77. The lowest BCUT2D eigenvalue weighted by atomic mass is 10.00. The number of thiazole rings is 1. The van der Waals surface area contributed by atoms with Crippen molar-refractivity contribution < 1.29 is 0 Å². The molecular formula is C17H13NOS. The largest absolute Gasteiger partial charge is 0.313 e. The molecule has 0 saturated heterocycles. The van der Waals surface area contributed by atoms with Gasteiger partial charge in [-0.1, -0.05) is 61.2 Å². The van der Waals surface area contributed by atoms with Crippen molar-refractivity contribution >= 4 is 24.0 Å². The fourth-order valence-electron chi connectivity index (χ4n) is 2.13. The third-order valence-electron chi connectivity index (χ3n) is 3.04. The Morgan fingerprint density at radius 3 is 2.40 bits per heavy atom. The Hall–Kier alpha value is -2.39. The van der Waals surface area contributed by atoms with Gasteiger partial charge < -0.3 is 4.98 Å². The van der Waals surface area contributed by atoms with Crippen LogP contribution in [0.2, 0.25) is 0 Å². The highest BCUT2D eigenvalue weighted by atomic mass is 32.1. The molecule has 3 rings (SSSR count). The second-order valence-corrected chi connectivity index (χ2v) is 5.58. The van der Waals surface area contributed by atoms with Gasteiger partial charge in [0, 0.05) is 0 Å². The number of benzene rings is 2. The molecule has 0 aliphatic rings. The smallest absolute Gasteiger partial charge is 0.266 e. The van der Waals surface area contributed by atoms with Crippen LogP contribution in [-0.4, -0.2) is 4.98 Å². The standard InChI is InChI=1S/C17H13NOS/c1-12-18-17(19)16(20-12)11-14-9-5-6-10-15(14)13-7-3-2-4-8-13/h2-11H,1H2,(H,18,19)/b16-11-. The Morgan fingerprint density at radius 2 is 1.70 bits per heavy atom. The summed E-state index contributed by atoms with van der Waals surface area (Å²) in [5.41, 5.74) is 3.21. The van der Waals surface area contributed by atoms with Crippen LogP contribution in [-0.2, 0) is 0 Å². The van der Waals surface area contributed by atoms with Gasteiger partial charge in [0.1, 0.15) is 0 Å². The molecule has 0 fully saturated rings. The fraction of sp³-hybridized carbons (Fsp3) is 0. The molecule has 2 nitrogen and oxygen atoms in total. The molecule has 20 heavy (non-hydrogen) atoms. The van der Waals surface area contributed by atoms with Crippen LogP contribution >= 0.6 is 11.3 Å². The highest BCUT2D eigenvalue weighted by Crippen LogP contribution is 2.23. The third-order valence-corrected chi connectivity index (χ3v) is 3.91. The van der Waals surface area contributed by atoms with Gasteiger partial charge in [0.2, 0.25) is 0 Å². The van der Waals surface area contributed by atoms with Gasteiger partial charge in [-0.3, -0.25) is 4.79 Å². The molecule has 2 aromatic carbocycles. The second-order valence-electron chi connectivity index (χ2n) is 4.44. The summed E-state index contributed by atoms with van der Waals surface area (Å²) in [6.07, 6.45) is 1.92. The van der Waals surface area contributed by atoms with Crippen molar-refractivity contribution in [2.45, 2.75) is 0 Å². The van der Waals surface area contributed by atoms with E-state index in [0.717, 1.165) is 16.7 Å². The molecule has 0 saturated carbocycles. The maximum Gasteiger partial charge on any atom is 0.266 e. The number of aromatic amines is 1. The van der Waals surface area contributed by atoms with Crippen LogP contribution in [0.1, 0.15) is 5.56 Å². The highest BCUT2D eigenvalue weighted by Gasteiger charge is 2.02. The first-order valence-electron chi connectivity index (χ1n) is 6.28. The van der Waals surface area contributed by atoms with Gasteiger partial charge in [0.25, 0.3) is 5.56 Å². The summed E-state index contributed by atoms with van der Waals surface area (Å²) in [7, 11) is 0. The van der Waals surface area contributed by atoms with Gasteiger partial charge in [0.15, 0.2) is 0 Å². The first-order valence-corrected chi connectivity index (χ1v) is 7.10. The lowest BCUT2D eigenvalue weighted by Crippen LogP contribution is -2.19. The molecule has 1 N–H and O–H groups in total. The first-order chi connectivity index (χ1) is 9.74. The summed E-state index contributed by atoms with van der Waals surface area (Å²) in [6, 6.07) is 18.2. The monoisotopic (exact) mass is 279 g/mol. The predicted molar refractivity (Wildman–Crippen MR) is 85.2 cm³/mol. The van der Waals surface area contributed by atoms with Crippen LogP contribution in [0.4, 0.5) is 0 Å². The van der Waals surface area contributed by atoms with E-state index in [1.54, 1.807) is 0 Å². The highest BCUT2D eigenvalue weighted by molar-refractivity contribution is 7.07. The van der Waals surface area contributed by atoms with Crippen molar-refractivity contribution in [2.24, 2.45) is 0 Å². The van der Waals surface area contributed by atoms with Crippen molar-refractivity contribution in [3.8, 4) is 11.1 Å². The van der Waals surface area contributed by atoms with Crippen LogP contribution in [0.15, 0.2) is 59.4 Å². The van der Waals surface area contributed by atoms with E-state index >= 15 is 0 Å². The van der Waals surface area contributed by atoms with Crippen LogP contribution in [0, 0.1) is 0 Å². The van der Waals surface area contributed by atoms with Crippen molar-refractivity contribution in [1.29, 1.82) is 0 Å². The van der Waals surface area contributed by atoms with Crippen LogP contribution in [0.25, 0.3) is 23.8 Å². The minimum Gasteiger partial charge on any atom is -0.313 e. The first kappa shape index (κ1) is 12.6. The van der Waals surface area contributed by atoms with Crippen LogP contribution < -0.4 is 14.8 Å². The van der Waals surface area contributed by atoms with Gasteiger partial charge in [0.05, 0.1) is 9.20 Å². The molecule has 3 aromatic rings. The van der Waals surface area contributed by atoms with E-state index in [0.29, 0.717) is 9.20 Å². The Balaban J connectivity index is 2.22. The minimum atomic E-state index is -0.0807. The predicted octanol–water partition coefficient (Wildman–Crippen LogP) is 2.34. The Bertz CT molecular complexity index is 890. The molecule has 0 atom stereocenters. The SMILES string of the molecule is C=c1[nH]c(=O)/c(=C/c2ccccc2-c2ccccc2)s1. The number of H-pyrrole nitrogens is 1. The van der Waals surface area contributed by atoms with Gasteiger partial charge in [-0.05, 0) is 22.8 Å². The molecule has 3 heteroatoms. The molecule has 0 spiro atoms. The molecule has 0 aliphatic carbocycles. The topological polar surface area (TPSA) is 32.9 Å². The number of hydrogen-bond donors (Lipinski definition) is 1. The molecule has 0 aliphatic heterocycles. The second kappa shape index (κ2) is 5.31. The van der Waals surface area contributed by atoms with Crippen molar-refractivity contribution in [1.82, 2.24) is 4.98 Å². The van der Waals surface area contributed by atoms with E-state index < -0.39 is 0 Å². The van der Waals surface area contributed by atoms with Crippen LogP contribution in [0.5, 0.6) is 0 Å². The lowest BCUT2D eigenvalue weighted by molar-refractivity contribution is 1.26. The van der Waals surface area contributed by atoms with Gasteiger partial charge in [-0.2, -0.15) is 0 Å². The molecule has 98 valence electrons. The molecule has 0 amide bonds. The van der Waals surface area contributed by atoms with Gasteiger partial charge in [-0.15, -0.1) is 11.3 Å². The number of rotatable bonds is 2. The Labute approximate surface area is 120 Å². The zero-order valence-corrected chi connectivity index (χ0v) is 11.6. The number of nitrogens with one attached hydrogen (secondary N) is 1. The summed E-state index contributed by atoms with van der Waals surface area (Å²) >= 11 is 1.38. The van der Waals surface area contributed by atoms with E-state index in [2.05, 4.69) is 29.8 Å². The van der Waals surface area contributed by atoms with E-state index in [1.807, 2.05) is 42.5 Å². The molecule has 0 radical (unpaired) electrons. The van der Waals surface area contributed by atoms with E-state index in [1.165, 1.54) is 11.3 Å². The summed E-state index contributed by atoms with van der Waals surface area (Å²) < 4.78 is 1.36. The van der Waals surface area contributed by atoms with Crippen LogP contribution in [0.3, 0.4) is 0 Å². The molecule has 0 unspecified atom stereocenters. The van der Waals surface area contributed by atoms with Crippen molar-refractivity contribution in [2.75, 3.05) is 0 Å². The maximum absolute atomic E-state index is 11.8. The Morgan fingerprint density at radius 1 is 1.00 bits per heavy atom. The molecular weight excluding hydrogens is 266 g/mol. The minimum absolute atomic E-state index is 0.0807. The maximum atomic E-state index is 11.8. The van der Waals surface area contributed by atoms with Gasteiger partial charge >= 0.3 is 0 Å². The van der Waals surface area contributed by atoms with E-state index in [9.17, 15) is 4.79 Å². The van der Waals surface area contributed by atoms with E-state index in [-0.39, 0.29) is 5.56 Å². The van der Waals surface area contributed by atoms with Crippen molar-refractivity contribution in [3.63, 3.8) is 0 Å². The molecule has 0 bridgehead atoms. The normalized spacial score (nSPS) is 11.7. The average Bonchev–Trinajstić information content (AvgIpc) is 2.78.